The summed E-state index contributed by atoms with van der Waals surface area (Å²) in [5, 5.41) is 25.7. The molecule has 0 atom stereocenters. The number of aryl methyl sites for hydroxylation is 2. The van der Waals surface area contributed by atoms with Gasteiger partial charge in [-0.1, -0.05) is 13.3 Å². The summed E-state index contributed by atoms with van der Waals surface area (Å²) in [7, 11) is 0. The Kier molecular flexibility index (Phi) is 9.66. The standard InChI is InChI=1S/C29H43N7O2/c1-4-5-12-31-29-33-18-25(27(35-29)32-17-21-6-8-24(37)9-7-21)26(30)22-10-13-36(14-11-22)28(38)23-15-19(2)34-20(3)16-23/h15-16,18,21-22,24,30,37H,4-14,17H2,1-3H3,(H2,31,32,33,35). The zero-order chi connectivity index (χ0) is 27.1. The Morgan fingerprint density at radius 3 is 2.39 bits per heavy atom. The van der Waals surface area contributed by atoms with E-state index >= 15 is 0 Å². The molecule has 2 aromatic heterocycles. The van der Waals surface area contributed by atoms with Gasteiger partial charge in [0.05, 0.1) is 11.7 Å². The predicted molar refractivity (Wildman–Crippen MR) is 151 cm³/mol. The molecule has 0 bridgehead atoms. The van der Waals surface area contributed by atoms with Crippen molar-refractivity contribution >= 4 is 23.4 Å². The summed E-state index contributed by atoms with van der Waals surface area (Å²) in [4.78, 5) is 28.7. The van der Waals surface area contributed by atoms with Gasteiger partial charge >= 0.3 is 0 Å². The second kappa shape index (κ2) is 13.1. The normalized spacial score (nSPS) is 20.3. The molecule has 0 spiro atoms. The number of aliphatic hydroxyl groups excluding tert-OH is 1. The summed E-state index contributed by atoms with van der Waals surface area (Å²) < 4.78 is 0. The Bertz CT molecular complexity index is 1090. The van der Waals surface area contributed by atoms with Crippen molar-refractivity contribution in [2.75, 3.05) is 36.8 Å². The van der Waals surface area contributed by atoms with Crippen molar-refractivity contribution in [1.29, 1.82) is 5.41 Å². The zero-order valence-corrected chi connectivity index (χ0v) is 23.1. The van der Waals surface area contributed by atoms with E-state index in [0.29, 0.717) is 42.0 Å². The van der Waals surface area contributed by atoms with Crippen LogP contribution in [0.4, 0.5) is 11.8 Å². The van der Waals surface area contributed by atoms with Crippen LogP contribution >= 0.6 is 0 Å². The van der Waals surface area contributed by atoms with Crippen molar-refractivity contribution in [3.8, 4) is 0 Å². The van der Waals surface area contributed by atoms with E-state index < -0.39 is 0 Å². The topological polar surface area (TPSA) is 127 Å². The van der Waals surface area contributed by atoms with Crippen LogP contribution in [0.25, 0.3) is 0 Å². The largest absolute Gasteiger partial charge is 0.393 e. The van der Waals surface area contributed by atoms with Crippen LogP contribution in [0.5, 0.6) is 0 Å². The smallest absolute Gasteiger partial charge is 0.253 e. The van der Waals surface area contributed by atoms with Gasteiger partial charge in [-0.05, 0) is 76.8 Å². The van der Waals surface area contributed by atoms with E-state index in [1.807, 2.05) is 30.9 Å². The monoisotopic (exact) mass is 521 g/mol. The Labute approximate surface area is 226 Å². The van der Waals surface area contributed by atoms with Gasteiger partial charge < -0.3 is 26.0 Å². The summed E-state index contributed by atoms with van der Waals surface area (Å²) >= 11 is 0. The van der Waals surface area contributed by atoms with Gasteiger partial charge in [-0.15, -0.1) is 0 Å². The van der Waals surface area contributed by atoms with E-state index in [1.165, 1.54) is 0 Å². The molecule has 0 unspecified atom stereocenters. The van der Waals surface area contributed by atoms with Crippen molar-refractivity contribution in [2.45, 2.75) is 78.2 Å². The molecule has 1 aliphatic carbocycles. The van der Waals surface area contributed by atoms with Crippen LogP contribution in [0, 0.1) is 31.1 Å². The van der Waals surface area contributed by atoms with Crippen molar-refractivity contribution in [3.05, 3.63) is 40.8 Å². The summed E-state index contributed by atoms with van der Waals surface area (Å²) in [5.41, 5.74) is 3.66. The lowest BCUT2D eigenvalue weighted by molar-refractivity contribution is 0.0709. The number of anilines is 2. The molecule has 2 fully saturated rings. The molecule has 206 valence electrons. The molecular formula is C29H43N7O2. The van der Waals surface area contributed by atoms with Crippen molar-refractivity contribution in [1.82, 2.24) is 19.9 Å². The number of piperidine rings is 1. The van der Waals surface area contributed by atoms with E-state index in [0.717, 1.165) is 81.4 Å². The number of rotatable bonds is 10. The van der Waals surface area contributed by atoms with Crippen molar-refractivity contribution in [2.24, 2.45) is 11.8 Å². The van der Waals surface area contributed by atoms with Gasteiger partial charge in [-0.3, -0.25) is 9.78 Å². The lowest BCUT2D eigenvalue weighted by Crippen LogP contribution is -2.40. The van der Waals surface area contributed by atoms with Gasteiger partial charge in [0.25, 0.3) is 5.91 Å². The molecule has 4 rings (SSSR count). The Balaban J connectivity index is 1.42. The number of aromatic nitrogens is 3. The molecular weight excluding hydrogens is 478 g/mol. The molecule has 1 aliphatic heterocycles. The highest BCUT2D eigenvalue weighted by Crippen LogP contribution is 2.28. The minimum atomic E-state index is -0.173. The second-order valence-corrected chi connectivity index (χ2v) is 10.9. The third-order valence-electron chi connectivity index (χ3n) is 7.79. The van der Waals surface area contributed by atoms with E-state index in [2.05, 4.69) is 27.5 Å². The fraction of sp³-hybridized carbons (Fsp3) is 0.621. The highest BCUT2D eigenvalue weighted by molar-refractivity contribution is 6.04. The van der Waals surface area contributed by atoms with Crippen LogP contribution in [0.2, 0.25) is 0 Å². The first-order valence-electron chi connectivity index (χ1n) is 14.2. The highest BCUT2D eigenvalue weighted by atomic mass is 16.3. The third-order valence-corrected chi connectivity index (χ3v) is 7.79. The summed E-state index contributed by atoms with van der Waals surface area (Å²) in [5.74, 6) is 1.86. The highest BCUT2D eigenvalue weighted by Gasteiger charge is 2.29. The van der Waals surface area contributed by atoms with Crippen LogP contribution in [-0.2, 0) is 0 Å². The van der Waals surface area contributed by atoms with E-state index in [1.54, 1.807) is 6.20 Å². The fourth-order valence-electron chi connectivity index (χ4n) is 5.50. The third kappa shape index (κ3) is 7.28. The molecule has 4 N–H and O–H groups in total. The maximum atomic E-state index is 13.1. The summed E-state index contributed by atoms with van der Waals surface area (Å²) in [6, 6.07) is 3.70. The lowest BCUT2D eigenvalue weighted by atomic mass is 9.87. The fourth-order valence-corrected chi connectivity index (χ4v) is 5.50. The number of nitrogens with zero attached hydrogens (tertiary/aromatic N) is 4. The van der Waals surface area contributed by atoms with Gasteiger partial charge in [-0.2, -0.15) is 4.98 Å². The van der Waals surface area contributed by atoms with Crippen LogP contribution < -0.4 is 10.6 Å². The van der Waals surface area contributed by atoms with E-state index in [4.69, 9.17) is 10.4 Å². The molecule has 2 aliphatic rings. The molecule has 0 aromatic carbocycles. The predicted octanol–water partition coefficient (Wildman–Crippen LogP) is 4.58. The maximum Gasteiger partial charge on any atom is 0.253 e. The first-order chi connectivity index (χ1) is 18.3. The first-order valence-corrected chi connectivity index (χ1v) is 14.2. The Morgan fingerprint density at radius 1 is 1.05 bits per heavy atom. The molecule has 1 saturated carbocycles. The zero-order valence-electron chi connectivity index (χ0n) is 23.1. The van der Waals surface area contributed by atoms with Crippen LogP contribution in [0.15, 0.2) is 18.3 Å². The van der Waals surface area contributed by atoms with Crippen molar-refractivity contribution < 1.29 is 9.90 Å². The molecule has 1 saturated heterocycles. The molecule has 3 heterocycles. The molecule has 0 radical (unpaired) electrons. The number of carbonyl (C=O) groups excluding carboxylic acids is 1. The van der Waals surface area contributed by atoms with E-state index in [-0.39, 0.29) is 17.9 Å². The average molecular weight is 522 g/mol. The molecule has 1 amide bonds. The van der Waals surface area contributed by atoms with Crippen LogP contribution in [0.3, 0.4) is 0 Å². The number of hydrogen-bond donors (Lipinski definition) is 4. The quantitative estimate of drug-likeness (QED) is 0.266. The molecule has 38 heavy (non-hydrogen) atoms. The number of nitrogens with one attached hydrogen (secondary N) is 3. The SMILES string of the molecule is CCCCNc1ncc(C(=N)C2CCN(C(=O)c3cc(C)nc(C)c3)CC2)c(NCC2CCC(O)CC2)n1. The molecule has 9 nitrogen and oxygen atoms in total. The first kappa shape index (κ1) is 28.0. The summed E-state index contributed by atoms with van der Waals surface area (Å²) in [6.07, 6.45) is 8.91. The van der Waals surface area contributed by atoms with Gasteiger partial charge in [0.2, 0.25) is 5.95 Å². The second-order valence-electron chi connectivity index (χ2n) is 10.9. The maximum absolute atomic E-state index is 13.1. The van der Waals surface area contributed by atoms with Gasteiger partial charge in [0.1, 0.15) is 5.82 Å². The number of likely N-dealkylation sites (tertiary alicyclic amines) is 1. The van der Waals surface area contributed by atoms with E-state index in [9.17, 15) is 9.90 Å². The molecule has 9 heteroatoms. The van der Waals surface area contributed by atoms with Crippen LogP contribution in [0.1, 0.15) is 85.6 Å². The minimum absolute atomic E-state index is 0.0365. The summed E-state index contributed by atoms with van der Waals surface area (Å²) in [6.45, 7) is 8.81. The number of hydrogen-bond acceptors (Lipinski definition) is 8. The minimum Gasteiger partial charge on any atom is -0.393 e. The van der Waals surface area contributed by atoms with Gasteiger partial charge in [-0.25, -0.2) is 4.98 Å². The molecule has 2 aromatic rings. The average Bonchev–Trinajstić information content (AvgIpc) is 2.92. The van der Waals surface area contributed by atoms with Crippen molar-refractivity contribution in [3.63, 3.8) is 0 Å². The lowest BCUT2D eigenvalue weighted by Gasteiger charge is -2.33. The Morgan fingerprint density at radius 2 is 1.74 bits per heavy atom. The Hall–Kier alpha value is -3.07. The number of carbonyl (C=O) groups is 1. The van der Waals surface area contributed by atoms with Gasteiger partial charge in [0.15, 0.2) is 0 Å². The van der Waals surface area contributed by atoms with Crippen LogP contribution in [-0.4, -0.2) is 68.9 Å². The number of amides is 1. The number of aliphatic hydroxyl groups is 1. The number of unbranched alkanes of at least 4 members (excludes halogenated alkanes) is 1. The number of pyridine rings is 1. The van der Waals surface area contributed by atoms with Gasteiger partial charge in [0, 0.05) is 61.0 Å².